The van der Waals surface area contributed by atoms with E-state index >= 15 is 0 Å². The maximum Gasteiger partial charge on any atom is 0.295 e. The molecule has 1 saturated heterocycles. The molecule has 2 aromatic rings. The van der Waals surface area contributed by atoms with Crippen molar-refractivity contribution in [3.63, 3.8) is 0 Å². The van der Waals surface area contributed by atoms with E-state index in [-0.39, 0.29) is 11.3 Å². The number of aliphatic hydroxyl groups is 1. The van der Waals surface area contributed by atoms with Crippen molar-refractivity contribution in [1.29, 1.82) is 0 Å². The first-order valence-electron chi connectivity index (χ1n) is 9.46. The number of Topliss-reactive ketones (excluding diaryl/α,β-unsaturated/α-hetero) is 1. The predicted molar refractivity (Wildman–Crippen MR) is 110 cm³/mol. The van der Waals surface area contributed by atoms with E-state index in [0.717, 1.165) is 11.1 Å². The highest BCUT2D eigenvalue weighted by Crippen LogP contribution is 2.39. The molecule has 0 aromatic heterocycles. The molecule has 0 spiro atoms. The molecule has 1 N–H and O–H groups in total. The van der Waals surface area contributed by atoms with E-state index in [1.807, 2.05) is 31.2 Å². The second-order valence-electron chi connectivity index (χ2n) is 6.98. The summed E-state index contributed by atoms with van der Waals surface area (Å²) in [4.78, 5) is 27.2. The predicted octanol–water partition coefficient (Wildman–Crippen LogP) is 3.46. The van der Waals surface area contributed by atoms with Crippen molar-refractivity contribution in [3.05, 3.63) is 70.8 Å². The van der Waals surface area contributed by atoms with Gasteiger partial charge in [-0.25, -0.2) is 0 Å². The number of amides is 1. The van der Waals surface area contributed by atoms with Gasteiger partial charge in [0.1, 0.15) is 11.5 Å². The van der Waals surface area contributed by atoms with Crippen LogP contribution in [0.2, 0.25) is 0 Å². The third-order valence-electron chi connectivity index (χ3n) is 5.04. The normalized spacial score (nSPS) is 18.3. The number of aliphatic hydroxyl groups excluding tert-OH is 1. The SMILES string of the molecule is COCCCN1C(=O)C(=O)/C(=C(/O)c2ccc(OC)cc2)[C@@H]1c1ccc(C)cc1. The van der Waals surface area contributed by atoms with Gasteiger partial charge in [-0.15, -0.1) is 0 Å². The van der Waals surface area contributed by atoms with Gasteiger partial charge >= 0.3 is 0 Å². The Bertz CT molecular complexity index is 915. The van der Waals surface area contributed by atoms with Gasteiger partial charge in [0, 0.05) is 25.8 Å². The van der Waals surface area contributed by atoms with Crippen LogP contribution in [0.5, 0.6) is 5.75 Å². The molecular formula is C23H25NO5. The molecule has 3 rings (SSSR count). The number of hydrogen-bond acceptors (Lipinski definition) is 5. The Balaban J connectivity index is 2.09. The van der Waals surface area contributed by atoms with E-state index in [9.17, 15) is 14.7 Å². The number of aryl methyl sites for hydroxylation is 1. The second kappa shape index (κ2) is 8.92. The first-order valence-corrected chi connectivity index (χ1v) is 9.46. The summed E-state index contributed by atoms with van der Waals surface area (Å²) in [5, 5.41) is 11.0. The minimum Gasteiger partial charge on any atom is -0.507 e. The average Bonchev–Trinajstić information content (AvgIpc) is 2.99. The van der Waals surface area contributed by atoms with Crippen molar-refractivity contribution in [2.45, 2.75) is 19.4 Å². The summed E-state index contributed by atoms with van der Waals surface area (Å²) in [6, 6.07) is 13.7. The molecule has 0 bridgehead atoms. The van der Waals surface area contributed by atoms with Gasteiger partial charge in [0.05, 0.1) is 18.7 Å². The van der Waals surface area contributed by atoms with E-state index in [1.165, 1.54) is 4.90 Å². The molecule has 0 unspecified atom stereocenters. The van der Waals surface area contributed by atoms with E-state index < -0.39 is 17.7 Å². The number of methoxy groups -OCH3 is 2. The van der Waals surface area contributed by atoms with E-state index in [2.05, 4.69) is 0 Å². The van der Waals surface area contributed by atoms with Crippen LogP contribution in [0.15, 0.2) is 54.1 Å². The van der Waals surface area contributed by atoms with Crippen LogP contribution in [0.4, 0.5) is 0 Å². The Kier molecular flexibility index (Phi) is 6.34. The summed E-state index contributed by atoms with van der Waals surface area (Å²) < 4.78 is 10.2. The maximum absolute atomic E-state index is 12.9. The number of carbonyl (C=O) groups excluding carboxylic acids is 2. The first kappa shape index (κ1) is 20.6. The molecule has 0 aliphatic carbocycles. The molecule has 1 atom stereocenters. The van der Waals surface area contributed by atoms with Crippen molar-refractivity contribution in [3.8, 4) is 5.75 Å². The molecule has 0 saturated carbocycles. The number of hydrogen-bond donors (Lipinski definition) is 1. The lowest BCUT2D eigenvalue weighted by atomic mass is 9.94. The molecule has 2 aromatic carbocycles. The quantitative estimate of drug-likeness (QED) is 0.336. The lowest BCUT2D eigenvalue weighted by Gasteiger charge is -2.25. The molecule has 29 heavy (non-hydrogen) atoms. The zero-order chi connectivity index (χ0) is 21.0. The van der Waals surface area contributed by atoms with Gasteiger partial charge in [0.25, 0.3) is 11.7 Å². The molecule has 1 heterocycles. The van der Waals surface area contributed by atoms with Crippen molar-refractivity contribution in [2.75, 3.05) is 27.4 Å². The zero-order valence-corrected chi connectivity index (χ0v) is 16.8. The van der Waals surface area contributed by atoms with E-state index in [4.69, 9.17) is 9.47 Å². The molecule has 152 valence electrons. The molecular weight excluding hydrogens is 370 g/mol. The number of nitrogens with zero attached hydrogens (tertiary/aromatic N) is 1. The smallest absolute Gasteiger partial charge is 0.295 e. The highest BCUT2D eigenvalue weighted by molar-refractivity contribution is 6.46. The molecule has 1 aliphatic rings. The number of ether oxygens (including phenoxy) is 2. The minimum absolute atomic E-state index is 0.0986. The number of benzene rings is 2. The Hall–Kier alpha value is -3.12. The Labute approximate surface area is 170 Å². The average molecular weight is 395 g/mol. The van der Waals surface area contributed by atoms with Gasteiger partial charge in [-0.3, -0.25) is 9.59 Å². The molecule has 1 amide bonds. The van der Waals surface area contributed by atoms with Gasteiger partial charge in [-0.05, 0) is 43.2 Å². The molecule has 1 aliphatic heterocycles. The largest absolute Gasteiger partial charge is 0.507 e. The highest BCUT2D eigenvalue weighted by atomic mass is 16.5. The fourth-order valence-corrected chi connectivity index (χ4v) is 3.49. The van der Waals surface area contributed by atoms with Crippen LogP contribution in [0, 0.1) is 6.92 Å². The summed E-state index contributed by atoms with van der Waals surface area (Å²) in [5.41, 5.74) is 2.40. The molecule has 0 radical (unpaired) electrons. The first-order chi connectivity index (χ1) is 14.0. The van der Waals surface area contributed by atoms with E-state index in [0.29, 0.717) is 30.9 Å². The van der Waals surface area contributed by atoms with Gasteiger partial charge < -0.3 is 19.5 Å². The Morgan fingerprint density at radius 3 is 2.28 bits per heavy atom. The Morgan fingerprint density at radius 1 is 1.03 bits per heavy atom. The lowest BCUT2D eigenvalue weighted by Crippen LogP contribution is -2.31. The lowest BCUT2D eigenvalue weighted by molar-refractivity contribution is -0.140. The summed E-state index contributed by atoms with van der Waals surface area (Å²) >= 11 is 0. The third-order valence-corrected chi connectivity index (χ3v) is 5.04. The summed E-state index contributed by atoms with van der Waals surface area (Å²) in [7, 11) is 3.15. The molecule has 1 fully saturated rings. The topological polar surface area (TPSA) is 76.1 Å². The van der Waals surface area contributed by atoms with Crippen LogP contribution in [0.25, 0.3) is 5.76 Å². The number of carbonyl (C=O) groups is 2. The highest BCUT2D eigenvalue weighted by Gasteiger charge is 2.45. The number of ketones is 1. The summed E-state index contributed by atoms with van der Waals surface area (Å²) in [6.07, 6.45) is 0.592. The van der Waals surface area contributed by atoms with Crippen LogP contribution >= 0.6 is 0 Å². The van der Waals surface area contributed by atoms with Gasteiger partial charge in [0.15, 0.2) is 0 Å². The van der Waals surface area contributed by atoms with Crippen molar-refractivity contribution < 1.29 is 24.2 Å². The minimum atomic E-state index is -0.679. The summed E-state index contributed by atoms with van der Waals surface area (Å²) in [6.45, 7) is 2.80. The second-order valence-corrected chi connectivity index (χ2v) is 6.98. The number of rotatable bonds is 7. The van der Waals surface area contributed by atoms with Crippen LogP contribution in [-0.4, -0.2) is 49.1 Å². The third kappa shape index (κ3) is 4.17. The van der Waals surface area contributed by atoms with Crippen molar-refractivity contribution in [1.82, 2.24) is 4.90 Å². The standard InChI is InChI=1S/C23H25NO5/c1-15-5-7-16(8-6-15)20-19(21(25)17-9-11-18(29-3)12-10-17)22(26)23(27)24(20)13-4-14-28-2/h5-12,20,25H,4,13-14H2,1-3H3/b21-19+/t20-/m0/s1. The molecule has 6 heteroatoms. The zero-order valence-electron chi connectivity index (χ0n) is 16.8. The van der Waals surface area contributed by atoms with Crippen LogP contribution < -0.4 is 4.74 Å². The van der Waals surface area contributed by atoms with Gasteiger partial charge in [-0.1, -0.05) is 29.8 Å². The van der Waals surface area contributed by atoms with Crippen molar-refractivity contribution in [2.24, 2.45) is 0 Å². The van der Waals surface area contributed by atoms with Gasteiger partial charge in [-0.2, -0.15) is 0 Å². The van der Waals surface area contributed by atoms with Crippen molar-refractivity contribution >= 4 is 17.4 Å². The maximum atomic E-state index is 12.9. The van der Waals surface area contributed by atoms with Crippen LogP contribution in [0.1, 0.15) is 29.2 Å². The van der Waals surface area contributed by atoms with Crippen LogP contribution in [0.3, 0.4) is 0 Å². The van der Waals surface area contributed by atoms with E-state index in [1.54, 1.807) is 38.5 Å². The van der Waals surface area contributed by atoms with Gasteiger partial charge in [0.2, 0.25) is 0 Å². The Morgan fingerprint density at radius 2 is 1.69 bits per heavy atom. The van der Waals surface area contributed by atoms with Crippen LogP contribution in [-0.2, 0) is 14.3 Å². The fraction of sp³-hybridized carbons (Fsp3) is 0.304. The number of likely N-dealkylation sites (tertiary alicyclic amines) is 1. The summed E-state index contributed by atoms with van der Waals surface area (Å²) in [5.74, 6) is -0.842. The monoisotopic (exact) mass is 395 g/mol. The fourth-order valence-electron chi connectivity index (χ4n) is 3.49. The molecule has 6 nitrogen and oxygen atoms in total.